The molecule has 0 fully saturated rings. The zero-order chi connectivity index (χ0) is 61.3. The predicted octanol–water partition coefficient (Wildman–Crippen LogP) is 15.3. The van der Waals surface area contributed by atoms with Crippen LogP contribution in [0, 0.1) is 0 Å². The summed E-state index contributed by atoms with van der Waals surface area (Å²) in [5.74, 6) is -1.69. The molecule has 12 nitrogen and oxygen atoms in total. The molecule has 10 aromatic carbocycles. The zero-order valence-corrected chi connectivity index (χ0v) is 49.0. The van der Waals surface area contributed by atoms with Crippen molar-refractivity contribution in [1.82, 2.24) is 0 Å². The fraction of sp³-hybridized carbons (Fsp3) is 0.211. The van der Waals surface area contributed by atoms with Crippen molar-refractivity contribution < 1.29 is 57.8 Å². The lowest BCUT2D eigenvalue weighted by molar-refractivity contribution is -0.170. The average Bonchev–Trinajstić information content (AvgIpc) is 0.873. The van der Waals surface area contributed by atoms with Gasteiger partial charge >= 0.3 is 23.9 Å². The van der Waals surface area contributed by atoms with Gasteiger partial charge in [-0.15, -0.1) is 0 Å². The Kier molecular flexibility index (Phi) is 20.2. The molecular formula is C76H70O12. The quantitative estimate of drug-likeness (QED) is 0.0198. The molecule has 0 saturated heterocycles. The van der Waals surface area contributed by atoms with E-state index in [0.717, 1.165) is 72.2 Å². The number of unbranched alkanes of at least 4 members (excludes halogenated alkanes) is 6. The van der Waals surface area contributed by atoms with Crippen LogP contribution in [0.1, 0.15) is 94.3 Å². The van der Waals surface area contributed by atoms with Crippen LogP contribution in [0.5, 0.6) is 11.5 Å². The standard InChI is InChI=1S/C76H70O12/c1-3-69(77)85-51-19-7-5-17-49-83-59-45-41-57(42-46-59)73(79)87-71(75(81,65-37-21-29-53-25-9-13-33-61(53)65)66-38-22-30-54-26-10-14-34-62(54)66)72(88-74(80)58-43-47-60(48-44-58)84-50-18-6-8-20-52-86-70(78)4-2)76(82,67-39-23-31-55-27-11-15-35-63(55)67)68-40-24-32-56-28-12-16-36-64(56)68/h3-4,9-16,21-48,71-72,81-82H,1-2,5-8,17-20,49-52H2/t71-,72-/m1/s1. The minimum absolute atomic E-state index is 0.0816. The molecule has 2 atom stereocenters. The second kappa shape index (κ2) is 29.0. The van der Waals surface area contributed by atoms with Crippen molar-refractivity contribution in [3.63, 3.8) is 0 Å². The van der Waals surface area contributed by atoms with Crippen molar-refractivity contribution in [2.75, 3.05) is 26.4 Å². The number of hydrogen-bond donors (Lipinski definition) is 2. The number of ether oxygens (including phenoxy) is 6. The Morgan fingerprint density at radius 3 is 0.920 bits per heavy atom. The zero-order valence-electron chi connectivity index (χ0n) is 49.0. The Hall–Kier alpha value is -9.88. The maximum Gasteiger partial charge on any atom is 0.338 e. The molecule has 0 amide bonds. The van der Waals surface area contributed by atoms with Gasteiger partial charge in [0.1, 0.15) is 11.5 Å². The van der Waals surface area contributed by atoms with E-state index in [4.69, 9.17) is 28.4 Å². The fourth-order valence-corrected chi connectivity index (χ4v) is 11.6. The van der Waals surface area contributed by atoms with Gasteiger partial charge in [0, 0.05) is 12.2 Å². The maximum atomic E-state index is 15.7. The van der Waals surface area contributed by atoms with Crippen molar-refractivity contribution in [3.8, 4) is 11.5 Å². The Bertz CT molecular complexity index is 3630. The van der Waals surface area contributed by atoms with E-state index in [2.05, 4.69) is 13.2 Å². The molecule has 0 aliphatic heterocycles. The summed E-state index contributed by atoms with van der Waals surface area (Å²) in [7, 11) is 0. The molecular weight excluding hydrogens is 1100 g/mol. The van der Waals surface area contributed by atoms with Crippen molar-refractivity contribution in [2.24, 2.45) is 0 Å². The first-order chi connectivity index (χ1) is 43.0. The minimum Gasteiger partial charge on any atom is -0.494 e. The molecule has 0 aliphatic rings. The normalized spacial score (nSPS) is 12.2. The first-order valence-corrected chi connectivity index (χ1v) is 29.8. The summed E-state index contributed by atoms with van der Waals surface area (Å²) in [6.07, 6.45) is 4.51. The van der Waals surface area contributed by atoms with E-state index in [1.807, 2.05) is 146 Å². The molecule has 10 rings (SSSR count). The number of fused-ring (bicyclic) bond motifs is 4. The van der Waals surface area contributed by atoms with E-state index in [9.17, 15) is 9.59 Å². The van der Waals surface area contributed by atoms with E-state index in [1.165, 1.54) is 0 Å². The van der Waals surface area contributed by atoms with E-state index < -0.39 is 47.3 Å². The summed E-state index contributed by atoms with van der Waals surface area (Å²) < 4.78 is 36.6. The van der Waals surface area contributed by atoms with Crippen LogP contribution in [-0.4, -0.2) is 72.7 Å². The van der Waals surface area contributed by atoms with Crippen LogP contribution in [0.3, 0.4) is 0 Å². The van der Waals surface area contributed by atoms with Gasteiger partial charge in [-0.2, -0.15) is 0 Å². The Morgan fingerprint density at radius 1 is 0.352 bits per heavy atom. The molecule has 0 bridgehead atoms. The summed E-state index contributed by atoms with van der Waals surface area (Å²) in [6, 6.07) is 65.4. The molecule has 0 saturated carbocycles. The molecule has 0 aliphatic carbocycles. The van der Waals surface area contributed by atoms with Crippen molar-refractivity contribution in [3.05, 3.63) is 277 Å². The molecule has 0 spiro atoms. The summed E-state index contributed by atoms with van der Waals surface area (Å²) >= 11 is 0. The van der Waals surface area contributed by atoms with E-state index in [1.54, 1.807) is 72.8 Å². The molecule has 0 heterocycles. The minimum atomic E-state index is -2.48. The SMILES string of the molecule is C=CC(=O)OCCCCCCOc1ccc(C(=O)O[C@H]([C@@H](OC(=O)c2ccc(OCCCCCCOC(=O)C=C)cc2)C(O)(c2cccc3ccccc23)c2cccc3ccccc23)C(O)(c2cccc3ccccc23)c2cccc3ccccc23)cc1. The highest BCUT2D eigenvalue weighted by Crippen LogP contribution is 2.50. The van der Waals surface area contributed by atoms with Crippen LogP contribution >= 0.6 is 0 Å². The largest absolute Gasteiger partial charge is 0.494 e. The molecule has 12 heteroatoms. The van der Waals surface area contributed by atoms with Gasteiger partial charge in [-0.3, -0.25) is 0 Å². The number of esters is 4. The van der Waals surface area contributed by atoms with Crippen molar-refractivity contribution in [2.45, 2.75) is 74.8 Å². The van der Waals surface area contributed by atoms with E-state index in [0.29, 0.717) is 94.6 Å². The molecule has 10 aromatic rings. The van der Waals surface area contributed by atoms with Gasteiger partial charge in [0.05, 0.1) is 37.6 Å². The van der Waals surface area contributed by atoms with Crippen LogP contribution in [0.4, 0.5) is 0 Å². The summed E-state index contributed by atoms with van der Waals surface area (Å²) in [5.41, 5.74) is -3.57. The highest BCUT2D eigenvalue weighted by Gasteiger charge is 2.59. The number of benzene rings is 10. The Morgan fingerprint density at radius 2 is 0.625 bits per heavy atom. The lowest BCUT2D eigenvalue weighted by atomic mass is 9.69. The molecule has 88 heavy (non-hydrogen) atoms. The fourth-order valence-electron chi connectivity index (χ4n) is 11.6. The molecule has 0 aromatic heterocycles. The molecule has 446 valence electrons. The molecule has 0 radical (unpaired) electrons. The highest BCUT2D eigenvalue weighted by atomic mass is 16.6. The topological polar surface area (TPSA) is 164 Å². The summed E-state index contributed by atoms with van der Waals surface area (Å²) in [5, 5.41) is 35.6. The second-order valence-corrected chi connectivity index (χ2v) is 21.6. The average molecular weight is 1180 g/mol. The van der Waals surface area contributed by atoms with Crippen molar-refractivity contribution in [1.29, 1.82) is 0 Å². The number of carbonyl (C=O) groups is 4. The van der Waals surface area contributed by atoms with Gasteiger partial charge in [0.25, 0.3) is 0 Å². The monoisotopic (exact) mass is 1170 g/mol. The third-order valence-electron chi connectivity index (χ3n) is 16.0. The lowest BCUT2D eigenvalue weighted by Gasteiger charge is -2.47. The first kappa shape index (κ1) is 61.2. The molecule has 2 N–H and O–H groups in total. The van der Waals surface area contributed by atoms with Gasteiger partial charge in [0.15, 0.2) is 23.4 Å². The van der Waals surface area contributed by atoms with E-state index in [-0.39, 0.29) is 11.1 Å². The Labute approximate surface area is 512 Å². The Balaban J connectivity index is 1.12. The van der Waals surface area contributed by atoms with Gasteiger partial charge < -0.3 is 38.6 Å². The number of rotatable bonds is 29. The van der Waals surface area contributed by atoms with Gasteiger partial charge in [-0.25, -0.2) is 19.2 Å². The van der Waals surface area contributed by atoms with Crippen LogP contribution in [0.15, 0.2) is 244 Å². The maximum absolute atomic E-state index is 15.7. The van der Waals surface area contributed by atoms with Gasteiger partial charge in [-0.1, -0.05) is 183 Å². The van der Waals surface area contributed by atoms with Crippen LogP contribution in [0.2, 0.25) is 0 Å². The predicted molar refractivity (Wildman–Crippen MR) is 343 cm³/mol. The van der Waals surface area contributed by atoms with Crippen LogP contribution < -0.4 is 9.47 Å². The third-order valence-corrected chi connectivity index (χ3v) is 16.0. The summed E-state index contributed by atoms with van der Waals surface area (Å²) in [6.45, 7) is 8.28. The van der Waals surface area contributed by atoms with Crippen molar-refractivity contribution >= 4 is 67.0 Å². The van der Waals surface area contributed by atoms with Gasteiger partial charge in [0.2, 0.25) is 0 Å². The first-order valence-electron chi connectivity index (χ1n) is 29.8. The number of carbonyl (C=O) groups excluding carboxylic acids is 4. The van der Waals surface area contributed by atoms with Crippen LogP contribution in [0.25, 0.3) is 43.1 Å². The summed E-state index contributed by atoms with van der Waals surface area (Å²) in [4.78, 5) is 54.3. The smallest absolute Gasteiger partial charge is 0.338 e. The van der Waals surface area contributed by atoms with E-state index >= 15 is 19.8 Å². The molecule has 0 unspecified atom stereocenters. The van der Waals surface area contributed by atoms with Crippen LogP contribution in [-0.2, 0) is 39.7 Å². The lowest BCUT2D eigenvalue weighted by Crippen LogP contribution is -2.59. The highest BCUT2D eigenvalue weighted by molar-refractivity contribution is 5.95. The number of hydrogen-bond acceptors (Lipinski definition) is 12. The third kappa shape index (κ3) is 13.8. The number of aliphatic hydroxyl groups is 2. The second-order valence-electron chi connectivity index (χ2n) is 21.6. The van der Waals surface area contributed by atoms with Gasteiger partial charge in [-0.05, 0) is 165 Å².